The Kier molecular flexibility index (Phi) is 5.99. The number of hydrogen-bond donors (Lipinski definition) is 1. The molecule has 0 bridgehead atoms. The van der Waals surface area contributed by atoms with Gasteiger partial charge in [0.15, 0.2) is 0 Å². The van der Waals surface area contributed by atoms with Gasteiger partial charge in [-0.3, -0.25) is 0 Å². The van der Waals surface area contributed by atoms with Crippen molar-refractivity contribution in [1.29, 1.82) is 0 Å². The second-order valence-electron chi connectivity index (χ2n) is 6.94. The summed E-state index contributed by atoms with van der Waals surface area (Å²) in [6, 6.07) is 0. The SMILES string of the molecule is CCCCCCCCC1(O)CCCC(C)(C)C1. The van der Waals surface area contributed by atoms with Gasteiger partial charge in [0.05, 0.1) is 5.60 Å². The van der Waals surface area contributed by atoms with Crippen molar-refractivity contribution in [3.05, 3.63) is 0 Å². The molecule has 0 heterocycles. The fourth-order valence-electron chi connectivity index (χ4n) is 3.41. The number of unbranched alkanes of at least 4 members (excludes halogenated alkanes) is 5. The Balaban J connectivity index is 2.16. The van der Waals surface area contributed by atoms with Crippen LogP contribution >= 0.6 is 0 Å². The summed E-state index contributed by atoms with van der Waals surface area (Å²) in [6.45, 7) is 6.86. The van der Waals surface area contributed by atoms with Gasteiger partial charge in [-0.15, -0.1) is 0 Å². The lowest BCUT2D eigenvalue weighted by Gasteiger charge is -2.41. The van der Waals surface area contributed by atoms with Gasteiger partial charge in [0, 0.05) is 0 Å². The van der Waals surface area contributed by atoms with Crippen LogP contribution in [0.5, 0.6) is 0 Å². The molecule has 1 aliphatic carbocycles. The molecule has 1 heteroatoms. The minimum Gasteiger partial charge on any atom is -0.390 e. The van der Waals surface area contributed by atoms with E-state index < -0.39 is 0 Å². The van der Waals surface area contributed by atoms with Gasteiger partial charge in [0.2, 0.25) is 0 Å². The molecule has 1 nitrogen and oxygen atoms in total. The molecule has 0 spiro atoms. The number of rotatable bonds is 7. The highest BCUT2D eigenvalue weighted by Crippen LogP contribution is 2.43. The average molecular weight is 240 g/mol. The highest BCUT2D eigenvalue weighted by Gasteiger charge is 2.37. The Morgan fingerprint density at radius 3 is 2.24 bits per heavy atom. The first kappa shape index (κ1) is 15.0. The van der Waals surface area contributed by atoms with Crippen molar-refractivity contribution in [2.45, 2.75) is 97.0 Å². The van der Waals surface area contributed by atoms with Crippen molar-refractivity contribution >= 4 is 0 Å². The summed E-state index contributed by atoms with van der Waals surface area (Å²) in [4.78, 5) is 0. The van der Waals surface area contributed by atoms with Crippen LogP contribution in [-0.4, -0.2) is 10.7 Å². The Hall–Kier alpha value is -0.0400. The summed E-state index contributed by atoms with van der Waals surface area (Å²) >= 11 is 0. The molecule has 0 saturated heterocycles. The van der Waals surface area contributed by atoms with Gasteiger partial charge in [-0.25, -0.2) is 0 Å². The Morgan fingerprint density at radius 2 is 1.59 bits per heavy atom. The maximum atomic E-state index is 10.6. The molecule has 0 radical (unpaired) electrons. The fourth-order valence-corrected chi connectivity index (χ4v) is 3.41. The van der Waals surface area contributed by atoms with E-state index in [0.717, 1.165) is 19.3 Å². The van der Waals surface area contributed by atoms with Crippen LogP contribution in [0, 0.1) is 5.41 Å². The van der Waals surface area contributed by atoms with Gasteiger partial charge in [0.25, 0.3) is 0 Å². The van der Waals surface area contributed by atoms with Crippen molar-refractivity contribution in [3.8, 4) is 0 Å². The van der Waals surface area contributed by atoms with Gasteiger partial charge in [-0.2, -0.15) is 0 Å². The molecular formula is C16H32O. The van der Waals surface area contributed by atoms with Gasteiger partial charge >= 0.3 is 0 Å². The van der Waals surface area contributed by atoms with Crippen molar-refractivity contribution in [2.24, 2.45) is 5.41 Å². The standard InChI is InChI=1S/C16H32O/c1-4-5-6-7-8-9-12-16(17)13-10-11-15(2,3)14-16/h17H,4-14H2,1-3H3. The topological polar surface area (TPSA) is 20.2 Å². The number of aliphatic hydroxyl groups is 1. The predicted molar refractivity (Wildman–Crippen MR) is 75.2 cm³/mol. The average Bonchev–Trinajstić information content (AvgIpc) is 2.21. The summed E-state index contributed by atoms with van der Waals surface area (Å²) in [5.41, 5.74) is 0.0156. The molecular weight excluding hydrogens is 208 g/mol. The van der Waals surface area contributed by atoms with Crippen LogP contribution in [-0.2, 0) is 0 Å². The van der Waals surface area contributed by atoms with Crippen LogP contribution in [0.25, 0.3) is 0 Å². The van der Waals surface area contributed by atoms with E-state index in [0.29, 0.717) is 5.41 Å². The minimum atomic E-state index is -0.341. The summed E-state index contributed by atoms with van der Waals surface area (Å²) in [5, 5.41) is 10.6. The second kappa shape index (κ2) is 6.78. The van der Waals surface area contributed by atoms with Crippen LogP contribution in [0.2, 0.25) is 0 Å². The van der Waals surface area contributed by atoms with Crippen LogP contribution in [0.3, 0.4) is 0 Å². The molecule has 102 valence electrons. The Labute approximate surface area is 108 Å². The zero-order chi connectivity index (χ0) is 12.8. The molecule has 1 atom stereocenters. The van der Waals surface area contributed by atoms with Crippen LogP contribution in [0.4, 0.5) is 0 Å². The summed E-state index contributed by atoms with van der Waals surface area (Å²) in [7, 11) is 0. The fraction of sp³-hybridized carbons (Fsp3) is 1.00. The van der Waals surface area contributed by atoms with Gasteiger partial charge in [-0.1, -0.05) is 65.7 Å². The third-order valence-electron chi connectivity index (χ3n) is 4.30. The molecule has 1 rings (SSSR count). The van der Waals surface area contributed by atoms with E-state index in [1.165, 1.54) is 51.4 Å². The van der Waals surface area contributed by atoms with Crippen LogP contribution < -0.4 is 0 Å². The minimum absolute atomic E-state index is 0.341. The summed E-state index contributed by atoms with van der Waals surface area (Å²) < 4.78 is 0. The molecule has 0 aromatic carbocycles. The van der Waals surface area contributed by atoms with Gasteiger partial charge in [-0.05, 0) is 31.1 Å². The second-order valence-corrected chi connectivity index (χ2v) is 6.94. The Bertz CT molecular complexity index is 210. The molecule has 17 heavy (non-hydrogen) atoms. The van der Waals surface area contributed by atoms with Crippen molar-refractivity contribution in [3.63, 3.8) is 0 Å². The maximum absolute atomic E-state index is 10.6. The van der Waals surface area contributed by atoms with E-state index in [2.05, 4.69) is 20.8 Å². The van der Waals surface area contributed by atoms with E-state index in [1.807, 2.05) is 0 Å². The lowest BCUT2D eigenvalue weighted by atomic mass is 9.68. The summed E-state index contributed by atoms with van der Waals surface area (Å²) in [5.74, 6) is 0. The van der Waals surface area contributed by atoms with Crippen LogP contribution in [0.1, 0.15) is 91.4 Å². The van der Waals surface area contributed by atoms with E-state index in [-0.39, 0.29) is 5.60 Å². The zero-order valence-corrected chi connectivity index (χ0v) is 12.2. The van der Waals surface area contributed by atoms with Gasteiger partial charge < -0.3 is 5.11 Å². The molecule has 1 aliphatic rings. The molecule has 0 aromatic heterocycles. The largest absolute Gasteiger partial charge is 0.390 e. The Morgan fingerprint density at radius 1 is 0.941 bits per heavy atom. The normalized spacial score (nSPS) is 28.2. The highest BCUT2D eigenvalue weighted by molar-refractivity contribution is 4.90. The maximum Gasteiger partial charge on any atom is 0.0653 e. The zero-order valence-electron chi connectivity index (χ0n) is 12.2. The molecule has 1 fully saturated rings. The molecule has 1 N–H and O–H groups in total. The molecule has 1 saturated carbocycles. The molecule has 0 aromatic rings. The highest BCUT2D eigenvalue weighted by atomic mass is 16.3. The van der Waals surface area contributed by atoms with Crippen molar-refractivity contribution in [2.75, 3.05) is 0 Å². The van der Waals surface area contributed by atoms with E-state index >= 15 is 0 Å². The van der Waals surface area contributed by atoms with E-state index in [1.54, 1.807) is 0 Å². The van der Waals surface area contributed by atoms with Crippen molar-refractivity contribution < 1.29 is 5.11 Å². The molecule has 1 unspecified atom stereocenters. The lowest BCUT2D eigenvalue weighted by molar-refractivity contribution is -0.0465. The molecule has 0 aliphatic heterocycles. The van der Waals surface area contributed by atoms with E-state index in [4.69, 9.17) is 0 Å². The quantitative estimate of drug-likeness (QED) is 0.616. The van der Waals surface area contributed by atoms with Crippen molar-refractivity contribution in [1.82, 2.24) is 0 Å². The summed E-state index contributed by atoms with van der Waals surface area (Å²) in [6.07, 6.45) is 13.5. The molecule has 0 amide bonds. The van der Waals surface area contributed by atoms with E-state index in [9.17, 15) is 5.11 Å². The third kappa shape index (κ3) is 5.90. The lowest BCUT2D eigenvalue weighted by Crippen LogP contribution is -2.38. The van der Waals surface area contributed by atoms with Gasteiger partial charge in [0.1, 0.15) is 0 Å². The first-order chi connectivity index (χ1) is 7.97. The smallest absolute Gasteiger partial charge is 0.0653 e. The monoisotopic (exact) mass is 240 g/mol. The third-order valence-corrected chi connectivity index (χ3v) is 4.30. The first-order valence-corrected chi connectivity index (χ1v) is 7.70. The predicted octanol–water partition coefficient (Wildman–Crippen LogP) is 5.07. The van der Waals surface area contributed by atoms with Crippen LogP contribution in [0.15, 0.2) is 0 Å². The first-order valence-electron chi connectivity index (χ1n) is 7.70. The number of hydrogen-bond acceptors (Lipinski definition) is 1.